The van der Waals surface area contributed by atoms with Gasteiger partial charge < -0.3 is 9.13 Å². The molecule has 3 nitrogen and oxygen atoms in total. The summed E-state index contributed by atoms with van der Waals surface area (Å²) >= 11 is 0. The van der Waals surface area contributed by atoms with E-state index in [2.05, 4.69) is 89.0 Å². The first-order valence-electron chi connectivity index (χ1n) is 9.74. The molecule has 2 heterocycles. The Balaban J connectivity index is 0.00000193. The average Bonchev–Trinajstić information content (AvgIpc) is 3.31. The number of nitrogens with zero attached hydrogens (tertiary/aromatic N) is 3. The summed E-state index contributed by atoms with van der Waals surface area (Å²) < 4.78 is 4.55. The average molecular weight is 565 g/mol. The topological polar surface area (TPSA) is 22.8 Å². The van der Waals surface area contributed by atoms with Gasteiger partial charge in [0.2, 0.25) is 0 Å². The molecule has 6 rings (SSSR count). The molecule has 30 heavy (non-hydrogen) atoms. The Kier molecular flexibility index (Phi) is 4.54. The van der Waals surface area contributed by atoms with Gasteiger partial charge in [0, 0.05) is 43.4 Å². The number of aromatic nitrogens is 3. The fraction of sp³-hybridized carbons (Fsp3) is 0.0385. The monoisotopic (exact) mass is 565 g/mol. The fourth-order valence-electron chi connectivity index (χ4n) is 4.38. The first kappa shape index (κ1) is 18.8. The van der Waals surface area contributed by atoms with Crippen LogP contribution in [0.5, 0.6) is 0 Å². The third-order valence-corrected chi connectivity index (χ3v) is 5.66. The number of aryl methyl sites for hydroxylation is 1. The van der Waals surface area contributed by atoms with Gasteiger partial charge in [0.05, 0.1) is 28.1 Å². The van der Waals surface area contributed by atoms with Crippen LogP contribution in [0.3, 0.4) is 0 Å². The second-order valence-corrected chi connectivity index (χ2v) is 7.29. The molecule has 0 atom stereocenters. The Bertz CT molecular complexity index is 1510. The molecule has 4 aromatic carbocycles. The third-order valence-electron chi connectivity index (χ3n) is 5.66. The summed E-state index contributed by atoms with van der Waals surface area (Å²) in [5, 5.41) is 2.52. The van der Waals surface area contributed by atoms with E-state index in [1.807, 2.05) is 24.3 Å². The molecule has 0 unspecified atom stereocenters. The van der Waals surface area contributed by atoms with Gasteiger partial charge in [-0.3, -0.25) is 4.98 Å². The van der Waals surface area contributed by atoms with Crippen molar-refractivity contribution in [2.24, 2.45) is 7.05 Å². The Morgan fingerprint density at radius 2 is 1.47 bits per heavy atom. The Labute approximate surface area is 187 Å². The summed E-state index contributed by atoms with van der Waals surface area (Å²) in [7, 11) is 2.14. The van der Waals surface area contributed by atoms with Crippen molar-refractivity contribution in [2.75, 3.05) is 0 Å². The summed E-state index contributed by atoms with van der Waals surface area (Å²) in [5.41, 5.74) is 6.62. The van der Waals surface area contributed by atoms with E-state index in [-0.39, 0.29) is 20.1 Å². The van der Waals surface area contributed by atoms with Crippen molar-refractivity contribution in [3.05, 3.63) is 97.1 Å². The fourth-order valence-corrected chi connectivity index (χ4v) is 4.38. The van der Waals surface area contributed by atoms with Gasteiger partial charge in [-0.25, -0.2) is 0 Å². The van der Waals surface area contributed by atoms with Crippen LogP contribution in [-0.4, -0.2) is 14.1 Å². The number of para-hydroxylation sites is 4. The molecular formula is C26H18IrN3-. The van der Waals surface area contributed by atoms with E-state index in [1.54, 1.807) is 0 Å². The molecule has 0 saturated heterocycles. The molecule has 0 spiro atoms. The van der Waals surface area contributed by atoms with Crippen molar-refractivity contribution in [3.63, 3.8) is 0 Å². The third kappa shape index (κ3) is 2.65. The molecule has 0 saturated carbocycles. The van der Waals surface area contributed by atoms with Gasteiger partial charge in [-0.15, -0.1) is 35.9 Å². The van der Waals surface area contributed by atoms with Gasteiger partial charge in [0.25, 0.3) is 0 Å². The largest absolute Gasteiger partial charge is 0.342 e. The maximum Gasteiger partial charge on any atom is 0.0774 e. The maximum atomic E-state index is 4.97. The number of benzene rings is 4. The van der Waals surface area contributed by atoms with Crippen molar-refractivity contribution in [1.29, 1.82) is 0 Å². The van der Waals surface area contributed by atoms with E-state index >= 15 is 0 Å². The smallest absolute Gasteiger partial charge is 0.0774 e. The Morgan fingerprint density at radius 1 is 0.733 bits per heavy atom. The maximum absolute atomic E-state index is 4.97. The van der Waals surface area contributed by atoms with Crippen LogP contribution >= 0.6 is 0 Å². The second kappa shape index (κ2) is 7.24. The Hall–Kier alpha value is -3.20. The predicted octanol–water partition coefficient (Wildman–Crippen LogP) is 6.14. The van der Waals surface area contributed by atoms with Crippen molar-refractivity contribution < 1.29 is 20.1 Å². The van der Waals surface area contributed by atoms with Crippen LogP contribution in [-0.2, 0) is 27.2 Å². The zero-order valence-electron chi connectivity index (χ0n) is 16.3. The van der Waals surface area contributed by atoms with E-state index in [9.17, 15) is 0 Å². The number of hydrogen-bond acceptors (Lipinski definition) is 1. The summed E-state index contributed by atoms with van der Waals surface area (Å²) in [6, 6.07) is 34.8. The van der Waals surface area contributed by atoms with Crippen LogP contribution < -0.4 is 0 Å². The molecule has 0 aliphatic heterocycles. The predicted molar refractivity (Wildman–Crippen MR) is 119 cm³/mol. The normalized spacial score (nSPS) is 11.2. The summed E-state index contributed by atoms with van der Waals surface area (Å²) in [6.45, 7) is 0. The minimum absolute atomic E-state index is 0. The molecule has 0 amide bonds. The number of fused-ring (bicyclic) bond motifs is 4. The molecular weight excluding hydrogens is 547 g/mol. The molecule has 0 aliphatic rings. The van der Waals surface area contributed by atoms with Crippen molar-refractivity contribution in [2.45, 2.75) is 0 Å². The summed E-state index contributed by atoms with van der Waals surface area (Å²) in [6.07, 6.45) is 0. The standard InChI is InChI=1S/C26H18N3.Ir/c1-28-22-15-7-5-12-19(22)20-13-9-17-24(25(20)28)29-23-16-8-6-14-21(23)27-26(29)18-10-3-2-4-11-18;/h2-10,12-17H,1H3;/q-1;. The minimum atomic E-state index is 0. The molecule has 1 radical (unpaired) electrons. The van der Waals surface area contributed by atoms with Gasteiger partial charge >= 0.3 is 0 Å². The van der Waals surface area contributed by atoms with E-state index in [1.165, 1.54) is 21.8 Å². The van der Waals surface area contributed by atoms with Gasteiger partial charge in [-0.05, 0) is 24.3 Å². The second-order valence-electron chi connectivity index (χ2n) is 7.29. The molecule has 4 heteroatoms. The molecule has 0 N–H and O–H groups in total. The van der Waals surface area contributed by atoms with Crippen molar-refractivity contribution >= 4 is 32.8 Å². The SMILES string of the molecule is Cn1c2ccccc2c2cccc(-n3c(-c4[c-]cccc4)nc4ccccc43)c21.[Ir]. The zero-order valence-corrected chi connectivity index (χ0v) is 18.7. The van der Waals surface area contributed by atoms with Crippen LogP contribution in [0.4, 0.5) is 0 Å². The van der Waals surface area contributed by atoms with Crippen LogP contribution in [0.25, 0.3) is 49.9 Å². The van der Waals surface area contributed by atoms with Crippen LogP contribution in [0, 0.1) is 6.07 Å². The number of hydrogen-bond donors (Lipinski definition) is 0. The molecule has 147 valence electrons. The van der Waals surface area contributed by atoms with E-state index < -0.39 is 0 Å². The van der Waals surface area contributed by atoms with Crippen LogP contribution in [0.1, 0.15) is 0 Å². The molecule has 6 aromatic rings. The van der Waals surface area contributed by atoms with Gasteiger partial charge in [0.1, 0.15) is 0 Å². The summed E-state index contributed by atoms with van der Waals surface area (Å²) in [5.74, 6) is 0.907. The van der Waals surface area contributed by atoms with E-state index in [4.69, 9.17) is 4.98 Å². The number of rotatable bonds is 2. The molecule has 0 bridgehead atoms. The van der Waals surface area contributed by atoms with E-state index in [0.29, 0.717) is 0 Å². The van der Waals surface area contributed by atoms with Gasteiger partial charge in [0.15, 0.2) is 0 Å². The summed E-state index contributed by atoms with van der Waals surface area (Å²) in [4.78, 5) is 4.97. The molecule has 2 aromatic heterocycles. The minimum Gasteiger partial charge on any atom is -0.342 e. The van der Waals surface area contributed by atoms with Gasteiger partial charge in [-0.2, -0.15) is 0 Å². The number of imidazole rings is 1. The van der Waals surface area contributed by atoms with Crippen LogP contribution in [0.15, 0.2) is 91.0 Å². The van der Waals surface area contributed by atoms with Crippen molar-refractivity contribution in [1.82, 2.24) is 14.1 Å². The first-order valence-corrected chi connectivity index (χ1v) is 9.74. The van der Waals surface area contributed by atoms with E-state index in [0.717, 1.165) is 28.1 Å². The van der Waals surface area contributed by atoms with Crippen molar-refractivity contribution in [3.8, 4) is 17.1 Å². The molecule has 0 fully saturated rings. The zero-order chi connectivity index (χ0) is 19.4. The Morgan fingerprint density at radius 3 is 2.30 bits per heavy atom. The molecule has 0 aliphatic carbocycles. The van der Waals surface area contributed by atoms with Gasteiger partial charge in [-0.1, -0.05) is 42.5 Å². The van der Waals surface area contributed by atoms with Crippen LogP contribution in [0.2, 0.25) is 0 Å². The quantitative estimate of drug-likeness (QED) is 0.232. The first-order chi connectivity index (χ1) is 14.3.